The monoisotopic (exact) mass is 589 g/mol. The average molecular weight is 590 g/mol. The zero-order valence-electron chi connectivity index (χ0n) is 22.5. The quantitative estimate of drug-likeness (QED) is 0.248. The summed E-state index contributed by atoms with van der Waals surface area (Å²) in [4.78, 5) is 40.6. The summed E-state index contributed by atoms with van der Waals surface area (Å²) in [7, 11) is -2.68. The summed E-state index contributed by atoms with van der Waals surface area (Å²) in [6.07, 6.45) is 0.622. The highest BCUT2D eigenvalue weighted by molar-refractivity contribution is 7.90. The van der Waals surface area contributed by atoms with Crippen molar-refractivity contribution in [2.75, 3.05) is 13.7 Å². The number of hydrogen-bond donors (Lipinski definition) is 2. The number of pyridine rings is 1. The Morgan fingerprint density at radius 2 is 1.50 bits per heavy atom. The highest BCUT2D eigenvalue weighted by Gasteiger charge is 2.20. The fourth-order valence-electron chi connectivity index (χ4n) is 3.75. The Morgan fingerprint density at radius 3 is 2.19 bits per heavy atom. The minimum atomic E-state index is -4.25. The van der Waals surface area contributed by atoms with Crippen LogP contribution in [-0.4, -0.2) is 45.0 Å². The predicted octanol–water partition coefficient (Wildman–Crippen LogP) is 3.90. The van der Waals surface area contributed by atoms with E-state index in [0.717, 1.165) is 23.1 Å². The van der Waals surface area contributed by atoms with Crippen molar-refractivity contribution >= 4 is 28.0 Å². The summed E-state index contributed by atoms with van der Waals surface area (Å²) in [5, 5.41) is 2.78. The minimum Gasteiger partial charge on any atom is -0.496 e. The van der Waals surface area contributed by atoms with Crippen LogP contribution in [0.1, 0.15) is 31.8 Å². The molecule has 1 heterocycles. The molecule has 0 aliphatic heterocycles. The average Bonchev–Trinajstić information content (AvgIpc) is 3.01. The number of nitrogens with zero attached hydrogens (tertiary/aromatic N) is 1. The number of para-hydroxylation sites is 1. The van der Waals surface area contributed by atoms with Crippen LogP contribution >= 0.6 is 0 Å². The second-order valence-electron chi connectivity index (χ2n) is 8.79. The number of amides is 2. The molecule has 0 saturated carbocycles. The molecule has 0 unspecified atom stereocenters. The van der Waals surface area contributed by atoms with Crippen molar-refractivity contribution in [3.05, 3.63) is 119 Å². The molecule has 0 atom stereocenters. The normalized spacial score (nSPS) is 10.8. The molecule has 4 rings (SSSR count). The van der Waals surface area contributed by atoms with Crippen LogP contribution in [-0.2, 0) is 27.8 Å². The minimum absolute atomic E-state index is 0.00752. The Labute approximate surface area is 242 Å². The van der Waals surface area contributed by atoms with Gasteiger partial charge in [-0.3, -0.25) is 9.59 Å². The molecule has 0 saturated heterocycles. The van der Waals surface area contributed by atoms with E-state index in [0.29, 0.717) is 13.0 Å². The van der Waals surface area contributed by atoms with Gasteiger partial charge >= 0.3 is 6.16 Å². The zero-order chi connectivity index (χ0) is 30.0. The summed E-state index contributed by atoms with van der Waals surface area (Å²) < 4.78 is 42.7. The summed E-state index contributed by atoms with van der Waals surface area (Å²) in [6.45, 7) is 0.357. The predicted molar refractivity (Wildman–Crippen MR) is 152 cm³/mol. The second-order valence-corrected chi connectivity index (χ2v) is 10.5. The van der Waals surface area contributed by atoms with Crippen molar-refractivity contribution in [2.45, 2.75) is 17.9 Å². The lowest BCUT2D eigenvalue weighted by Crippen LogP contribution is -2.31. The third-order valence-corrected chi connectivity index (χ3v) is 7.26. The van der Waals surface area contributed by atoms with Gasteiger partial charge in [-0.05, 0) is 53.9 Å². The number of hydrogen-bond acceptors (Lipinski definition) is 9. The van der Waals surface area contributed by atoms with Gasteiger partial charge in [0.1, 0.15) is 12.4 Å². The first-order chi connectivity index (χ1) is 20.2. The molecule has 11 nitrogen and oxygen atoms in total. The van der Waals surface area contributed by atoms with E-state index in [1.807, 2.05) is 35.1 Å². The number of ether oxygens (including phenoxy) is 3. The van der Waals surface area contributed by atoms with Gasteiger partial charge in [-0.25, -0.2) is 22.9 Å². The molecule has 1 aromatic heterocycles. The summed E-state index contributed by atoms with van der Waals surface area (Å²) in [6, 6.07) is 24.1. The molecule has 216 valence electrons. The van der Waals surface area contributed by atoms with Crippen molar-refractivity contribution in [3.63, 3.8) is 0 Å². The van der Waals surface area contributed by atoms with Gasteiger partial charge in [0, 0.05) is 24.4 Å². The molecule has 2 N–H and O–H groups in total. The lowest BCUT2D eigenvalue weighted by Gasteiger charge is -2.10. The summed E-state index contributed by atoms with van der Waals surface area (Å²) in [5.41, 5.74) is 1.88. The molecule has 4 aromatic rings. The van der Waals surface area contributed by atoms with Crippen LogP contribution < -0.4 is 19.5 Å². The molecule has 0 fully saturated rings. The first-order valence-corrected chi connectivity index (χ1v) is 14.2. The van der Waals surface area contributed by atoms with E-state index in [4.69, 9.17) is 14.2 Å². The van der Waals surface area contributed by atoms with Gasteiger partial charge in [-0.2, -0.15) is 0 Å². The topological polar surface area (TPSA) is 150 Å². The summed E-state index contributed by atoms with van der Waals surface area (Å²) in [5.74, 6) is -0.735. The summed E-state index contributed by atoms with van der Waals surface area (Å²) >= 11 is 0. The van der Waals surface area contributed by atoms with Crippen molar-refractivity contribution < 1.29 is 37.0 Å². The van der Waals surface area contributed by atoms with Crippen molar-refractivity contribution in [3.8, 4) is 11.6 Å². The standard InChI is InChI=1S/C30H27N3O8S/c1-39-26-10-6-5-9-22(26)17-18-31-28(34)23-11-14-25(15-12-23)42(37,38)33-29(35)24-13-16-27(32-19-24)41-30(36)40-20-21-7-3-2-4-8-21/h2-16,19H,17-18,20H2,1H3,(H,31,34)(H,33,35). The number of rotatable bonds is 11. The van der Waals surface area contributed by atoms with E-state index in [2.05, 4.69) is 10.3 Å². The van der Waals surface area contributed by atoms with Crippen LogP contribution in [0.3, 0.4) is 0 Å². The first-order valence-electron chi connectivity index (χ1n) is 12.7. The lowest BCUT2D eigenvalue weighted by molar-refractivity contribution is 0.0910. The van der Waals surface area contributed by atoms with Crippen LogP contribution in [0, 0.1) is 0 Å². The molecule has 0 radical (unpaired) electrons. The number of benzene rings is 3. The Balaban J connectivity index is 1.27. The van der Waals surface area contributed by atoms with E-state index in [9.17, 15) is 22.8 Å². The number of carbonyl (C=O) groups is 3. The van der Waals surface area contributed by atoms with Crippen LogP contribution in [0.4, 0.5) is 4.79 Å². The Morgan fingerprint density at radius 1 is 0.810 bits per heavy atom. The van der Waals surface area contributed by atoms with Crippen LogP contribution in [0.15, 0.2) is 102 Å². The number of carbonyl (C=O) groups excluding carboxylic acids is 3. The maximum atomic E-state index is 12.7. The molecule has 0 bridgehead atoms. The SMILES string of the molecule is COc1ccccc1CCNC(=O)c1ccc(S(=O)(=O)NC(=O)c2ccc(OC(=O)OCc3ccccc3)nc2)cc1. The maximum Gasteiger partial charge on any atom is 0.515 e. The fraction of sp³-hybridized carbons (Fsp3) is 0.133. The fourth-order valence-corrected chi connectivity index (χ4v) is 4.73. The highest BCUT2D eigenvalue weighted by atomic mass is 32.2. The second kappa shape index (κ2) is 13.9. The Hall–Kier alpha value is -5.23. The van der Waals surface area contributed by atoms with Crippen LogP contribution in [0.2, 0.25) is 0 Å². The smallest absolute Gasteiger partial charge is 0.496 e. The molecule has 0 spiro atoms. The third kappa shape index (κ3) is 8.15. The molecule has 3 aromatic carbocycles. The molecule has 2 amide bonds. The van der Waals surface area contributed by atoms with E-state index in [-0.39, 0.29) is 34.4 Å². The van der Waals surface area contributed by atoms with Gasteiger partial charge in [-0.15, -0.1) is 0 Å². The first kappa shape index (κ1) is 29.7. The van der Waals surface area contributed by atoms with Gasteiger partial charge < -0.3 is 19.5 Å². The third-order valence-electron chi connectivity index (χ3n) is 5.91. The number of methoxy groups -OCH3 is 1. The van der Waals surface area contributed by atoms with Gasteiger partial charge in [0.05, 0.1) is 17.6 Å². The van der Waals surface area contributed by atoms with Crippen molar-refractivity contribution in [1.29, 1.82) is 0 Å². The van der Waals surface area contributed by atoms with E-state index >= 15 is 0 Å². The van der Waals surface area contributed by atoms with E-state index < -0.39 is 22.1 Å². The van der Waals surface area contributed by atoms with Gasteiger partial charge in [0.25, 0.3) is 21.8 Å². The van der Waals surface area contributed by atoms with Crippen molar-refractivity contribution in [1.82, 2.24) is 15.0 Å². The maximum absolute atomic E-state index is 12.7. The molecule has 12 heteroatoms. The molecular formula is C30H27N3O8S. The Bertz CT molecular complexity index is 1640. The number of sulfonamides is 1. The van der Waals surface area contributed by atoms with Crippen LogP contribution in [0.5, 0.6) is 11.6 Å². The van der Waals surface area contributed by atoms with Gasteiger partial charge in [0.2, 0.25) is 5.88 Å². The van der Waals surface area contributed by atoms with E-state index in [1.54, 1.807) is 31.4 Å². The van der Waals surface area contributed by atoms with Crippen molar-refractivity contribution in [2.24, 2.45) is 0 Å². The molecule has 0 aliphatic rings. The highest BCUT2D eigenvalue weighted by Crippen LogP contribution is 2.18. The van der Waals surface area contributed by atoms with E-state index in [1.165, 1.54) is 36.4 Å². The molecule has 42 heavy (non-hydrogen) atoms. The number of nitrogens with one attached hydrogen (secondary N) is 2. The zero-order valence-corrected chi connectivity index (χ0v) is 23.3. The van der Waals surface area contributed by atoms with Gasteiger partial charge in [0.15, 0.2) is 0 Å². The van der Waals surface area contributed by atoms with Crippen LogP contribution in [0.25, 0.3) is 0 Å². The number of aromatic nitrogens is 1. The molecular weight excluding hydrogens is 562 g/mol. The Kier molecular flexibility index (Phi) is 9.85. The van der Waals surface area contributed by atoms with Gasteiger partial charge in [-0.1, -0.05) is 48.5 Å². The molecule has 0 aliphatic carbocycles. The lowest BCUT2D eigenvalue weighted by atomic mass is 10.1. The largest absolute Gasteiger partial charge is 0.515 e.